The number of halogens is 1. The van der Waals surface area contributed by atoms with E-state index < -0.39 is 0 Å². The van der Waals surface area contributed by atoms with E-state index in [1.165, 1.54) is 0 Å². The Labute approximate surface area is 182 Å². The monoisotopic (exact) mass is 419 g/mol. The SMILES string of the molecule is Cc1cccc(CN2CCC(C(=O)Nc3cccc(-c4cccc(Cl)c4)c3)CC2)n1. The number of carbonyl (C=O) groups is 1. The lowest BCUT2D eigenvalue weighted by molar-refractivity contribution is -0.121. The van der Waals surface area contributed by atoms with Crippen LogP contribution in [0.25, 0.3) is 11.1 Å². The number of carbonyl (C=O) groups excluding carboxylic acids is 1. The first-order chi connectivity index (χ1) is 14.6. The highest BCUT2D eigenvalue weighted by atomic mass is 35.5. The van der Waals surface area contributed by atoms with Crippen LogP contribution in [-0.2, 0) is 11.3 Å². The van der Waals surface area contributed by atoms with Gasteiger partial charge in [0.2, 0.25) is 5.91 Å². The molecule has 0 radical (unpaired) electrons. The number of piperidine rings is 1. The molecule has 30 heavy (non-hydrogen) atoms. The van der Waals surface area contributed by atoms with E-state index in [4.69, 9.17) is 11.6 Å². The normalized spacial score (nSPS) is 15.1. The maximum absolute atomic E-state index is 12.8. The second kappa shape index (κ2) is 9.41. The average Bonchev–Trinajstić information content (AvgIpc) is 2.74. The number of amides is 1. The van der Waals surface area contributed by atoms with Gasteiger partial charge in [-0.3, -0.25) is 14.7 Å². The summed E-state index contributed by atoms with van der Waals surface area (Å²) in [5.41, 5.74) is 5.04. The maximum atomic E-state index is 12.8. The molecule has 1 saturated heterocycles. The van der Waals surface area contributed by atoms with Crippen molar-refractivity contribution in [3.05, 3.63) is 83.1 Å². The smallest absolute Gasteiger partial charge is 0.227 e. The molecular weight excluding hydrogens is 394 g/mol. The van der Waals surface area contributed by atoms with Crippen LogP contribution in [-0.4, -0.2) is 28.9 Å². The first-order valence-electron chi connectivity index (χ1n) is 10.4. The van der Waals surface area contributed by atoms with E-state index in [0.717, 1.165) is 60.7 Å². The molecule has 3 aromatic rings. The van der Waals surface area contributed by atoms with Gasteiger partial charge in [0, 0.05) is 28.9 Å². The van der Waals surface area contributed by atoms with E-state index in [1.54, 1.807) is 0 Å². The van der Waals surface area contributed by atoms with Gasteiger partial charge in [-0.2, -0.15) is 0 Å². The first-order valence-corrected chi connectivity index (χ1v) is 10.8. The number of hydrogen-bond donors (Lipinski definition) is 1. The van der Waals surface area contributed by atoms with Crippen molar-refractivity contribution in [1.29, 1.82) is 0 Å². The second-order valence-corrected chi connectivity index (χ2v) is 8.34. The van der Waals surface area contributed by atoms with Crippen molar-refractivity contribution in [2.45, 2.75) is 26.3 Å². The van der Waals surface area contributed by atoms with E-state index in [2.05, 4.69) is 27.3 Å². The van der Waals surface area contributed by atoms with Crippen LogP contribution in [0.4, 0.5) is 5.69 Å². The molecule has 4 nitrogen and oxygen atoms in total. The van der Waals surface area contributed by atoms with Crippen molar-refractivity contribution in [3.63, 3.8) is 0 Å². The van der Waals surface area contributed by atoms with Gasteiger partial charge in [0.1, 0.15) is 0 Å². The molecule has 0 bridgehead atoms. The fourth-order valence-corrected chi connectivity index (χ4v) is 4.15. The van der Waals surface area contributed by atoms with Crippen LogP contribution >= 0.6 is 11.6 Å². The Kier molecular flexibility index (Phi) is 6.46. The van der Waals surface area contributed by atoms with Crippen LogP contribution in [0.15, 0.2) is 66.7 Å². The van der Waals surface area contributed by atoms with Gasteiger partial charge in [0.25, 0.3) is 0 Å². The van der Waals surface area contributed by atoms with E-state index in [0.29, 0.717) is 5.02 Å². The molecule has 0 atom stereocenters. The Morgan fingerprint density at radius 1 is 1.03 bits per heavy atom. The Hall–Kier alpha value is -2.69. The molecule has 4 rings (SSSR count). The molecule has 2 aromatic carbocycles. The van der Waals surface area contributed by atoms with Crippen molar-refractivity contribution >= 4 is 23.2 Å². The van der Waals surface area contributed by atoms with Crippen LogP contribution in [0.1, 0.15) is 24.2 Å². The van der Waals surface area contributed by atoms with Gasteiger partial charge in [0.05, 0.1) is 5.69 Å². The van der Waals surface area contributed by atoms with Crippen molar-refractivity contribution in [3.8, 4) is 11.1 Å². The number of hydrogen-bond acceptors (Lipinski definition) is 3. The fraction of sp³-hybridized carbons (Fsp3) is 0.280. The van der Waals surface area contributed by atoms with Gasteiger partial charge in [-0.1, -0.05) is 41.9 Å². The number of nitrogens with zero attached hydrogens (tertiary/aromatic N) is 2. The minimum absolute atomic E-state index is 0.0431. The number of aryl methyl sites for hydroxylation is 1. The summed E-state index contributed by atoms with van der Waals surface area (Å²) in [7, 11) is 0. The van der Waals surface area contributed by atoms with E-state index >= 15 is 0 Å². The third-order valence-electron chi connectivity index (χ3n) is 5.58. The topological polar surface area (TPSA) is 45.2 Å². The molecule has 1 fully saturated rings. The molecular formula is C25H26ClN3O. The first kappa shape index (κ1) is 20.6. The predicted molar refractivity (Wildman–Crippen MR) is 122 cm³/mol. The number of pyridine rings is 1. The van der Waals surface area contributed by atoms with Crippen molar-refractivity contribution in [2.75, 3.05) is 18.4 Å². The van der Waals surface area contributed by atoms with Crippen LogP contribution in [0.2, 0.25) is 5.02 Å². The Morgan fingerprint density at radius 2 is 1.73 bits per heavy atom. The molecule has 154 valence electrons. The lowest BCUT2D eigenvalue weighted by atomic mass is 9.95. The van der Waals surface area contributed by atoms with E-state index in [9.17, 15) is 4.79 Å². The fourth-order valence-electron chi connectivity index (χ4n) is 3.96. The quantitative estimate of drug-likeness (QED) is 0.588. The Balaban J connectivity index is 1.33. The van der Waals surface area contributed by atoms with Crippen molar-refractivity contribution < 1.29 is 4.79 Å². The number of aromatic nitrogens is 1. The number of rotatable bonds is 5. The zero-order chi connectivity index (χ0) is 20.9. The molecule has 0 unspecified atom stereocenters. The molecule has 1 aliphatic rings. The second-order valence-electron chi connectivity index (χ2n) is 7.90. The third-order valence-corrected chi connectivity index (χ3v) is 5.81. The molecule has 5 heteroatoms. The minimum Gasteiger partial charge on any atom is -0.326 e. The molecule has 1 N–H and O–H groups in total. The molecule has 1 amide bonds. The zero-order valence-corrected chi connectivity index (χ0v) is 17.9. The van der Waals surface area contributed by atoms with Crippen molar-refractivity contribution in [1.82, 2.24) is 9.88 Å². The Bertz CT molecular complexity index is 1030. The molecule has 0 aliphatic carbocycles. The molecule has 0 saturated carbocycles. The summed E-state index contributed by atoms with van der Waals surface area (Å²) in [6.45, 7) is 4.69. The summed E-state index contributed by atoms with van der Waals surface area (Å²) >= 11 is 6.11. The largest absolute Gasteiger partial charge is 0.326 e. The summed E-state index contributed by atoms with van der Waals surface area (Å²) < 4.78 is 0. The van der Waals surface area contributed by atoms with Gasteiger partial charge < -0.3 is 5.32 Å². The van der Waals surface area contributed by atoms with Gasteiger partial charge in [0.15, 0.2) is 0 Å². The summed E-state index contributed by atoms with van der Waals surface area (Å²) in [6.07, 6.45) is 1.73. The van der Waals surface area contributed by atoms with Gasteiger partial charge in [-0.05, 0) is 80.4 Å². The van der Waals surface area contributed by atoms with Crippen molar-refractivity contribution in [2.24, 2.45) is 5.92 Å². The average molecular weight is 420 g/mol. The lowest BCUT2D eigenvalue weighted by Gasteiger charge is -2.31. The van der Waals surface area contributed by atoms with E-state index in [-0.39, 0.29) is 11.8 Å². The van der Waals surface area contributed by atoms with Gasteiger partial charge in [-0.15, -0.1) is 0 Å². The number of nitrogens with one attached hydrogen (secondary N) is 1. The standard InChI is InChI=1S/C25H26ClN3O/c1-18-5-2-10-24(27-18)17-29-13-11-19(12-14-29)25(30)28-23-9-4-7-21(16-23)20-6-3-8-22(26)15-20/h2-10,15-16,19H,11-14,17H2,1H3,(H,28,30). The van der Waals surface area contributed by atoms with Crippen LogP contribution in [0, 0.1) is 12.8 Å². The number of anilines is 1. The summed E-state index contributed by atoms with van der Waals surface area (Å²) in [4.78, 5) is 19.8. The third kappa shape index (κ3) is 5.26. The molecule has 2 heterocycles. The predicted octanol–water partition coefficient (Wildman–Crippen LogP) is 5.56. The number of benzene rings is 2. The maximum Gasteiger partial charge on any atom is 0.227 e. The zero-order valence-electron chi connectivity index (χ0n) is 17.1. The number of likely N-dealkylation sites (tertiary alicyclic amines) is 1. The summed E-state index contributed by atoms with van der Waals surface area (Å²) in [5.74, 6) is 0.146. The van der Waals surface area contributed by atoms with Gasteiger partial charge in [-0.25, -0.2) is 0 Å². The summed E-state index contributed by atoms with van der Waals surface area (Å²) in [5, 5.41) is 3.81. The highest BCUT2D eigenvalue weighted by molar-refractivity contribution is 6.30. The van der Waals surface area contributed by atoms with Crippen LogP contribution in [0.5, 0.6) is 0 Å². The lowest BCUT2D eigenvalue weighted by Crippen LogP contribution is -2.37. The minimum atomic E-state index is 0.0431. The molecule has 1 aromatic heterocycles. The molecule has 1 aliphatic heterocycles. The highest BCUT2D eigenvalue weighted by Crippen LogP contribution is 2.26. The molecule has 0 spiro atoms. The van der Waals surface area contributed by atoms with Gasteiger partial charge >= 0.3 is 0 Å². The highest BCUT2D eigenvalue weighted by Gasteiger charge is 2.25. The van der Waals surface area contributed by atoms with Crippen LogP contribution in [0.3, 0.4) is 0 Å². The van der Waals surface area contributed by atoms with Crippen LogP contribution < -0.4 is 5.32 Å². The summed E-state index contributed by atoms with van der Waals surface area (Å²) in [6, 6.07) is 21.8. The Morgan fingerprint density at radius 3 is 2.47 bits per heavy atom. The van der Waals surface area contributed by atoms with E-state index in [1.807, 2.05) is 61.5 Å².